The highest BCUT2D eigenvalue weighted by molar-refractivity contribution is 6.35. The number of fused-ring (bicyclic) bond motifs is 1. The Kier molecular flexibility index (Phi) is 6.21. The number of benzene rings is 3. The van der Waals surface area contributed by atoms with E-state index in [1.165, 1.54) is 0 Å². The minimum atomic E-state index is -0.145. The minimum absolute atomic E-state index is 0.145. The molecule has 3 aromatic rings. The van der Waals surface area contributed by atoms with Crippen molar-refractivity contribution in [3.8, 4) is 17.2 Å². The smallest absolute Gasteiger partial charge is 0.232 e. The van der Waals surface area contributed by atoms with Gasteiger partial charge in [0.1, 0.15) is 23.9 Å². The minimum Gasteiger partial charge on any atom is -0.494 e. The van der Waals surface area contributed by atoms with Crippen molar-refractivity contribution >= 4 is 35.1 Å². The van der Waals surface area contributed by atoms with Crippen LogP contribution < -0.4 is 14.2 Å². The summed E-state index contributed by atoms with van der Waals surface area (Å²) in [6.45, 7) is 4.67. The third-order valence-electron chi connectivity index (χ3n) is 4.84. The van der Waals surface area contributed by atoms with Gasteiger partial charge in [-0.25, -0.2) is 0 Å². The van der Waals surface area contributed by atoms with E-state index >= 15 is 0 Å². The first-order chi connectivity index (χ1) is 14.9. The number of hydrogen-bond donors (Lipinski definition) is 0. The van der Waals surface area contributed by atoms with Crippen LogP contribution in [0.5, 0.6) is 17.2 Å². The molecule has 6 heteroatoms. The van der Waals surface area contributed by atoms with E-state index < -0.39 is 0 Å². The van der Waals surface area contributed by atoms with Crippen LogP contribution in [0.1, 0.15) is 34.0 Å². The first-order valence-electron chi connectivity index (χ1n) is 9.83. The third kappa shape index (κ3) is 4.71. The van der Waals surface area contributed by atoms with Crippen molar-refractivity contribution in [3.63, 3.8) is 0 Å². The zero-order valence-corrected chi connectivity index (χ0v) is 18.6. The SMILES string of the molecule is CCOc1ccc(/C=C2\Oc3cc(OCc4ccc(Cl)cc4Cl)cc(C)c3C2=O)cc1. The van der Waals surface area contributed by atoms with E-state index in [0.29, 0.717) is 33.7 Å². The van der Waals surface area contributed by atoms with Crippen LogP contribution in [0, 0.1) is 6.92 Å². The second kappa shape index (κ2) is 9.04. The van der Waals surface area contributed by atoms with Crippen LogP contribution in [0.25, 0.3) is 6.08 Å². The highest BCUT2D eigenvalue weighted by Crippen LogP contribution is 2.38. The molecule has 0 unspecified atom stereocenters. The first-order valence-corrected chi connectivity index (χ1v) is 10.6. The highest BCUT2D eigenvalue weighted by atomic mass is 35.5. The van der Waals surface area contributed by atoms with Crippen LogP contribution >= 0.6 is 23.2 Å². The standard InChI is InChI=1S/C25H20Cl2O4/c1-3-29-19-8-4-16(5-9-19)11-23-25(28)24-15(2)10-20(13-22(24)31-23)30-14-17-6-7-18(26)12-21(17)27/h4-13H,3,14H2,1-2H3/b23-11-. The molecule has 0 saturated heterocycles. The number of halogens is 2. The van der Waals surface area contributed by atoms with Crippen molar-refractivity contribution in [2.24, 2.45) is 0 Å². The van der Waals surface area contributed by atoms with Gasteiger partial charge < -0.3 is 14.2 Å². The summed E-state index contributed by atoms with van der Waals surface area (Å²) in [5.41, 5.74) is 3.01. The molecule has 0 spiro atoms. The Morgan fingerprint density at radius 3 is 2.45 bits per heavy atom. The number of ether oxygens (including phenoxy) is 3. The van der Waals surface area contributed by atoms with Crippen molar-refractivity contribution in [1.82, 2.24) is 0 Å². The topological polar surface area (TPSA) is 44.8 Å². The second-order valence-corrected chi connectivity index (χ2v) is 7.92. The maximum absolute atomic E-state index is 12.9. The average Bonchev–Trinajstić information content (AvgIpc) is 3.04. The van der Waals surface area contributed by atoms with Gasteiger partial charge in [0.05, 0.1) is 12.2 Å². The molecular weight excluding hydrogens is 435 g/mol. The van der Waals surface area contributed by atoms with E-state index in [1.54, 1.807) is 24.3 Å². The summed E-state index contributed by atoms with van der Waals surface area (Å²) in [6.07, 6.45) is 1.73. The number of carbonyl (C=O) groups is 1. The first kappa shape index (κ1) is 21.3. The maximum Gasteiger partial charge on any atom is 0.232 e. The molecule has 0 bridgehead atoms. The van der Waals surface area contributed by atoms with E-state index in [1.807, 2.05) is 50.2 Å². The predicted octanol–water partition coefficient (Wildman–Crippen LogP) is 6.90. The van der Waals surface area contributed by atoms with Gasteiger partial charge in [-0.05, 0) is 61.4 Å². The zero-order chi connectivity index (χ0) is 22.0. The van der Waals surface area contributed by atoms with Gasteiger partial charge in [0.2, 0.25) is 5.78 Å². The molecule has 158 valence electrons. The van der Waals surface area contributed by atoms with E-state index in [0.717, 1.165) is 22.4 Å². The van der Waals surface area contributed by atoms with Gasteiger partial charge in [-0.15, -0.1) is 0 Å². The van der Waals surface area contributed by atoms with E-state index in [9.17, 15) is 4.79 Å². The van der Waals surface area contributed by atoms with E-state index in [-0.39, 0.29) is 18.1 Å². The molecule has 0 amide bonds. The summed E-state index contributed by atoms with van der Waals surface area (Å²) < 4.78 is 17.2. The molecule has 31 heavy (non-hydrogen) atoms. The van der Waals surface area contributed by atoms with Crippen LogP contribution in [0.15, 0.2) is 60.4 Å². The van der Waals surface area contributed by atoms with E-state index in [2.05, 4.69) is 0 Å². The molecular formula is C25H20Cl2O4. The molecule has 0 radical (unpaired) electrons. The van der Waals surface area contributed by atoms with Gasteiger partial charge in [0.15, 0.2) is 5.76 Å². The van der Waals surface area contributed by atoms with Crippen LogP contribution in [-0.2, 0) is 6.61 Å². The van der Waals surface area contributed by atoms with Crippen molar-refractivity contribution < 1.29 is 19.0 Å². The van der Waals surface area contributed by atoms with Gasteiger partial charge in [-0.1, -0.05) is 41.4 Å². The molecule has 0 atom stereocenters. The Labute approximate surface area is 191 Å². The molecule has 1 heterocycles. The average molecular weight is 455 g/mol. The number of Topliss-reactive ketones (excluding diaryl/α,β-unsaturated/α-hetero) is 1. The highest BCUT2D eigenvalue weighted by Gasteiger charge is 2.30. The summed E-state index contributed by atoms with van der Waals surface area (Å²) in [5.74, 6) is 2.00. The molecule has 0 saturated carbocycles. The summed E-state index contributed by atoms with van der Waals surface area (Å²) in [7, 11) is 0. The molecule has 1 aliphatic heterocycles. The van der Waals surface area contributed by atoms with Crippen molar-refractivity contribution in [1.29, 1.82) is 0 Å². The van der Waals surface area contributed by atoms with E-state index in [4.69, 9.17) is 37.4 Å². The van der Waals surface area contributed by atoms with Crippen molar-refractivity contribution in [3.05, 3.63) is 92.7 Å². The Hall–Kier alpha value is -2.95. The Balaban J connectivity index is 1.53. The molecule has 1 aliphatic rings. The number of allylic oxidation sites excluding steroid dienone is 1. The molecule has 3 aromatic carbocycles. The summed E-state index contributed by atoms with van der Waals surface area (Å²) >= 11 is 12.2. The van der Waals surface area contributed by atoms with Gasteiger partial charge >= 0.3 is 0 Å². The van der Waals surface area contributed by atoms with Gasteiger partial charge in [-0.2, -0.15) is 0 Å². The zero-order valence-electron chi connectivity index (χ0n) is 17.1. The van der Waals surface area contributed by atoms with Crippen LogP contribution in [-0.4, -0.2) is 12.4 Å². The largest absolute Gasteiger partial charge is 0.494 e. The number of ketones is 1. The summed E-state index contributed by atoms with van der Waals surface area (Å²) in [5, 5.41) is 1.11. The maximum atomic E-state index is 12.9. The fraction of sp³-hybridized carbons (Fsp3) is 0.160. The Morgan fingerprint density at radius 1 is 0.968 bits per heavy atom. The van der Waals surface area contributed by atoms with Crippen molar-refractivity contribution in [2.75, 3.05) is 6.61 Å². The summed E-state index contributed by atoms with van der Waals surface area (Å²) in [6, 6.07) is 16.3. The lowest BCUT2D eigenvalue weighted by Gasteiger charge is -2.10. The number of aryl methyl sites for hydroxylation is 1. The molecule has 0 aromatic heterocycles. The molecule has 4 nitrogen and oxygen atoms in total. The molecule has 0 N–H and O–H groups in total. The quantitative estimate of drug-likeness (QED) is 0.380. The van der Waals surface area contributed by atoms with Crippen LogP contribution in [0.3, 0.4) is 0 Å². The van der Waals surface area contributed by atoms with Gasteiger partial charge in [-0.3, -0.25) is 4.79 Å². The van der Waals surface area contributed by atoms with Crippen LogP contribution in [0.2, 0.25) is 10.0 Å². The molecule has 0 fully saturated rings. The number of carbonyl (C=O) groups excluding carboxylic acids is 1. The lowest BCUT2D eigenvalue weighted by atomic mass is 10.0. The number of hydrogen-bond acceptors (Lipinski definition) is 4. The Morgan fingerprint density at radius 2 is 1.74 bits per heavy atom. The fourth-order valence-electron chi connectivity index (χ4n) is 3.34. The lowest BCUT2D eigenvalue weighted by molar-refractivity contribution is 0.101. The van der Waals surface area contributed by atoms with Crippen LogP contribution in [0.4, 0.5) is 0 Å². The second-order valence-electron chi connectivity index (χ2n) is 7.08. The lowest BCUT2D eigenvalue weighted by Crippen LogP contribution is -2.00. The van der Waals surface area contributed by atoms with Gasteiger partial charge in [0.25, 0.3) is 0 Å². The Bertz CT molecular complexity index is 1170. The monoisotopic (exact) mass is 454 g/mol. The normalized spacial score (nSPS) is 13.8. The summed E-state index contributed by atoms with van der Waals surface area (Å²) in [4.78, 5) is 12.9. The predicted molar refractivity (Wildman–Crippen MR) is 123 cm³/mol. The number of rotatable bonds is 6. The molecule has 4 rings (SSSR count). The van der Waals surface area contributed by atoms with Gasteiger partial charge in [0, 0.05) is 21.7 Å². The third-order valence-corrected chi connectivity index (χ3v) is 5.43. The van der Waals surface area contributed by atoms with Crippen molar-refractivity contribution in [2.45, 2.75) is 20.5 Å². The fourth-order valence-corrected chi connectivity index (χ4v) is 3.80. The molecule has 0 aliphatic carbocycles.